The standard InChI is InChI=1S/C25H29ClN4O3/c1-25(2,3)33-24(32)30-11-10-16-19(12-20(16)30)28-23(31)17-13-27-22(29-21(17)14-8-9-14)15-6-4-5-7-18(15)26/h4-7,13-14,16,19-20H,8-12H2,1-3H3,(H,28,31)/t16-,19-,20+/m1/s1. The Balaban J connectivity index is 1.28. The van der Waals surface area contributed by atoms with Crippen molar-refractivity contribution in [2.45, 2.75) is 70.1 Å². The van der Waals surface area contributed by atoms with E-state index < -0.39 is 5.60 Å². The van der Waals surface area contributed by atoms with Crippen LogP contribution in [0.1, 0.15) is 68.4 Å². The van der Waals surface area contributed by atoms with Crippen LogP contribution in [-0.2, 0) is 4.74 Å². The Hall–Kier alpha value is -2.67. The molecule has 8 heteroatoms. The molecule has 174 valence electrons. The van der Waals surface area contributed by atoms with Crippen LogP contribution in [0.2, 0.25) is 5.02 Å². The Morgan fingerprint density at radius 2 is 1.94 bits per heavy atom. The second kappa shape index (κ2) is 8.28. The maximum atomic E-state index is 13.2. The molecule has 2 amide bonds. The molecule has 1 N–H and O–H groups in total. The van der Waals surface area contributed by atoms with Crippen LogP contribution >= 0.6 is 11.6 Å². The SMILES string of the molecule is CC(C)(C)OC(=O)N1CC[C@@H]2[C@H](NC(=O)c3cnc(-c4ccccc4Cl)nc3C3CC3)C[C@@H]21. The molecule has 2 aliphatic carbocycles. The van der Waals surface area contributed by atoms with Gasteiger partial charge < -0.3 is 15.0 Å². The molecule has 1 aliphatic heterocycles. The number of nitrogens with zero attached hydrogens (tertiary/aromatic N) is 3. The predicted molar refractivity (Wildman–Crippen MR) is 125 cm³/mol. The van der Waals surface area contributed by atoms with E-state index in [1.54, 1.807) is 6.20 Å². The molecule has 0 bridgehead atoms. The first-order chi connectivity index (χ1) is 15.7. The highest BCUT2D eigenvalue weighted by Gasteiger charge is 2.51. The van der Waals surface area contributed by atoms with Crippen LogP contribution < -0.4 is 5.32 Å². The van der Waals surface area contributed by atoms with Gasteiger partial charge >= 0.3 is 6.09 Å². The van der Waals surface area contributed by atoms with Gasteiger partial charge in [-0.25, -0.2) is 14.8 Å². The van der Waals surface area contributed by atoms with E-state index in [0.717, 1.165) is 36.9 Å². The van der Waals surface area contributed by atoms with Crippen molar-refractivity contribution < 1.29 is 14.3 Å². The van der Waals surface area contributed by atoms with Crippen molar-refractivity contribution in [1.29, 1.82) is 0 Å². The first kappa shape index (κ1) is 22.1. The summed E-state index contributed by atoms with van der Waals surface area (Å²) in [6.07, 6.45) is 5.03. The Bertz CT molecular complexity index is 1100. The molecule has 2 aromatic rings. The summed E-state index contributed by atoms with van der Waals surface area (Å²) in [4.78, 5) is 36.7. The lowest BCUT2D eigenvalue weighted by molar-refractivity contribution is 0.00845. The number of halogens is 1. The molecule has 3 atom stereocenters. The van der Waals surface area contributed by atoms with Crippen LogP contribution in [0.15, 0.2) is 30.5 Å². The summed E-state index contributed by atoms with van der Waals surface area (Å²) in [7, 11) is 0. The molecule has 7 nitrogen and oxygen atoms in total. The van der Waals surface area contributed by atoms with Crippen LogP contribution in [0.25, 0.3) is 11.4 Å². The highest BCUT2D eigenvalue weighted by molar-refractivity contribution is 6.33. The summed E-state index contributed by atoms with van der Waals surface area (Å²) in [5.41, 5.74) is 1.60. The van der Waals surface area contributed by atoms with E-state index in [4.69, 9.17) is 21.3 Å². The van der Waals surface area contributed by atoms with Gasteiger partial charge in [-0.2, -0.15) is 0 Å². The molecule has 33 heavy (non-hydrogen) atoms. The van der Waals surface area contributed by atoms with Gasteiger partial charge in [0.2, 0.25) is 0 Å². The van der Waals surface area contributed by atoms with Gasteiger partial charge in [-0.15, -0.1) is 0 Å². The Morgan fingerprint density at radius 1 is 1.18 bits per heavy atom. The van der Waals surface area contributed by atoms with E-state index in [1.807, 2.05) is 49.9 Å². The summed E-state index contributed by atoms with van der Waals surface area (Å²) in [6.45, 7) is 6.29. The number of likely N-dealkylation sites (tertiary alicyclic amines) is 1. The lowest BCUT2D eigenvalue weighted by Crippen LogP contribution is -2.58. The van der Waals surface area contributed by atoms with Gasteiger partial charge in [-0.3, -0.25) is 4.79 Å². The smallest absolute Gasteiger partial charge is 0.410 e. The molecule has 1 saturated heterocycles. The van der Waals surface area contributed by atoms with Crippen LogP contribution in [0.3, 0.4) is 0 Å². The van der Waals surface area contributed by atoms with Gasteiger partial charge in [-0.1, -0.05) is 23.7 Å². The zero-order valence-electron chi connectivity index (χ0n) is 19.2. The van der Waals surface area contributed by atoms with Crippen LogP contribution in [0.4, 0.5) is 4.79 Å². The second-order valence-electron chi connectivity index (χ2n) is 10.3. The van der Waals surface area contributed by atoms with Crippen molar-refractivity contribution >= 4 is 23.6 Å². The average Bonchev–Trinajstić information content (AvgIpc) is 3.53. The minimum Gasteiger partial charge on any atom is -0.444 e. The number of hydrogen-bond acceptors (Lipinski definition) is 5. The number of nitrogens with one attached hydrogen (secondary N) is 1. The highest BCUT2D eigenvalue weighted by Crippen LogP contribution is 2.43. The molecule has 0 radical (unpaired) electrons. The minimum absolute atomic E-state index is 0.0465. The van der Waals surface area contributed by atoms with E-state index in [1.165, 1.54) is 0 Å². The number of amides is 2. The third kappa shape index (κ3) is 4.43. The van der Waals surface area contributed by atoms with E-state index in [2.05, 4.69) is 10.3 Å². The van der Waals surface area contributed by atoms with Gasteiger partial charge in [-0.05, 0) is 58.6 Å². The molecule has 3 fully saturated rings. The largest absolute Gasteiger partial charge is 0.444 e. The maximum absolute atomic E-state index is 13.2. The normalized spacial score (nSPS) is 24.1. The van der Waals surface area contributed by atoms with Crippen LogP contribution in [-0.4, -0.2) is 51.1 Å². The van der Waals surface area contributed by atoms with Crippen LogP contribution in [0, 0.1) is 5.92 Å². The Morgan fingerprint density at radius 3 is 2.64 bits per heavy atom. The molecule has 1 aromatic heterocycles. The Labute approximate surface area is 198 Å². The topological polar surface area (TPSA) is 84.4 Å². The monoisotopic (exact) mass is 468 g/mol. The van der Waals surface area contributed by atoms with Gasteiger partial charge in [0.1, 0.15) is 5.60 Å². The third-order valence-electron chi connectivity index (χ3n) is 6.70. The van der Waals surface area contributed by atoms with E-state index in [-0.39, 0.29) is 30.0 Å². The zero-order chi connectivity index (χ0) is 23.3. The first-order valence-electron chi connectivity index (χ1n) is 11.6. The molecule has 2 heterocycles. The van der Waals surface area contributed by atoms with Crippen molar-refractivity contribution in [3.8, 4) is 11.4 Å². The number of carbonyl (C=O) groups is 2. The number of hydrogen-bond donors (Lipinski definition) is 1. The average molecular weight is 469 g/mol. The summed E-state index contributed by atoms with van der Waals surface area (Å²) >= 11 is 6.33. The van der Waals surface area contributed by atoms with Crippen molar-refractivity contribution in [3.63, 3.8) is 0 Å². The van der Waals surface area contributed by atoms with Crippen molar-refractivity contribution in [3.05, 3.63) is 46.7 Å². The van der Waals surface area contributed by atoms with E-state index in [9.17, 15) is 9.59 Å². The third-order valence-corrected chi connectivity index (χ3v) is 7.03. The predicted octanol–water partition coefficient (Wildman–Crippen LogP) is 4.80. The molecular formula is C25H29ClN4O3. The Kier molecular flexibility index (Phi) is 5.55. The number of aromatic nitrogens is 2. The fourth-order valence-electron chi connectivity index (χ4n) is 4.86. The van der Waals surface area contributed by atoms with Gasteiger partial charge in [0, 0.05) is 42.2 Å². The summed E-state index contributed by atoms with van der Waals surface area (Å²) < 4.78 is 5.54. The number of rotatable bonds is 4. The zero-order valence-corrected chi connectivity index (χ0v) is 19.9. The fourth-order valence-corrected chi connectivity index (χ4v) is 5.08. The lowest BCUT2D eigenvalue weighted by atomic mass is 9.75. The number of benzene rings is 1. The number of ether oxygens (including phenoxy) is 1. The van der Waals surface area contributed by atoms with Crippen molar-refractivity contribution in [2.24, 2.45) is 5.92 Å². The molecular weight excluding hydrogens is 440 g/mol. The molecule has 5 rings (SSSR count). The fraction of sp³-hybridized carbons (Fsp3) is 0.520. The number of fused-ring (bicyclic) bond motifs is 1. The summed E-state index contributed by atoms with van der Waals surface area (Å²) in [6, 6.07) is 7.65. The first-order valence-corrected chi connectivity index (χ1v) is 12.0. The van der Waals surface area contributed by atoms with Crippen LogP contribution in [0.5, 0.6) is 0 Å². The van der Waals surface area contributed by atoms with E-state index >= 15 is 0 Å². The summed E-state index contributed by atoms with van der Waals surface area (Å²) in [5, 5.41) is 3.77. The number of carbonyl (C=O) groups excluding carboxylic acids is 2. The molecule has 0 unspecified atom stereocenters. The second-order valence-corrected chi connectivity index (χ2v) is 10.7. The van der Waals surface area contributed by atoms with Gasteiger partial charge in [0.15, 0.2) is 5.82 Å². The molecule has 0 spiro atoms. The summed E-state index contributed by atoms with van der Waals surface area (Å²) in [5.74, 6) is 0.959. The highest BCUT2D eigenvalue weighted by atomic mass is 35.5. The quantitative estimate of drug-likeness (QED) is 0.696. The maximum Gasteiger partial charge on any atom is 0.410 e. The molecule has 1 aromatic carbocycles. The van der Waals surface area contributed by atoms with Gasteiger partial charge in [0.25, 0.3) is 5.91 Å². The van der Waals surface area contributed by atoms with Gasteiger partial charge in [0.05, 0.1) is 16.3 Å². The van der Waals surface area contributed by atoms with Crippen molar-refractivity contribution in [2.75, 3.05) is 6.54 Å². The van der Waals surface area contributed by atoms with Crippen molar-refractivity contribution in [1.82, 2.24) is 20.2 Å². The lowest BCUT2D eigenvalue weighted by Gasteiger charge is -2.43. The minimum atomic E-state index is -0.512. The van der Waals surface area contributed by atoms with E-state index in [0.29, 0.717) is 28.9 Å². The molecule has 2 saturated carbocycles. The molecule has 3 aliphatic rings.